The quantitative estimate of drug-likeness (QED) is 0.00424. The van der Waals surface area contributed by atoms with Crippen LogP contribution in [0.4, 0.5) is 20.6 Å². The highest BCUT2D eigenvalue weighted by molar-refractivity contribution is 9.10. The first-order valence-corrected chi connectivity index (χ1v) is 49.4. The Hall–Kier alpha value is -12.5. The summed E-state index contributed by atoms with van der Waals surface area (Å²) in [6.07, 6.45) is 13.4. The number of amides is 5. The van der Waals surface area contributed by atoms with Crippen molar-refractivity contribution in [1.29, 1.82) is 0 Å². The van der Waals surface area contributed by atoms with Gasteiger partial charge in [-0.3, -0.25) is 51.5 Å². The van der Waals surface area contributed by atoms with E-state index in [1.54, 1.807) is 53.7 Å². The lowest BCUT2D eigenvalue weighted by atomic mass is 9.75. The van der Waals surface area contributed by atoms with Gasteiger partial charge in [0.05, 0.1) is 85.8 Å². The van der Waals surface area contributed by atoms with Crippen LogP contribution in [0.25, 0.3) is 39.1 Å². The zero-order chi connectivity index (χ0) is 96.9. The standard InChI is InChI=1S/C90H97BrFN11O27S4/c1-89(2)66-47-59(133(121,122)123)24-29-71(66)101(36-14-42-131(115,116)117)77(89)17-7-5-8-18-78-90(3,67-48-60(134(124,125)126)25-30-72(67)102(78)37-15-43-132(118,119)120)32-11-6-9-19-80(107)98-69(16-10-12-33-94-83(108)55-20-26-61(63(44-55)86(111)112)81-62-27-23-58(104)46-75(62)130-76-50-74(105)68(91)49-65(76)81)84(109)95-35-39-127-40-41-129-88(114)100-51-57(96-53-100)22-31-79(106)93-34-13-38-128-87(113)82-73-52-99(4)85(110)64-45-56(92)21-28-70(64)103(73)54-97-82/h5,7-8,17-18,20-21,23-30,44-51,53-54,69H,6,9-16,19,22,31-43,52H2,1-4H3,(H9-,93,94,95,98,104,105,106,107,108,109,111,112,115,116,117,118,119,120,121,122,123,124,125,126)/p+1. The van der Waals surface area contributed by atoms with E-state index >= 15 is 0 Å². The van der Waals surface area contributed by atoms with Gasteiger partial charge in [-0.05, 0) is 170 Å². The van der Waals surface area contributed by atoms with Crippen LogP contribution < -0.4 is 31.6 Å². The molecule has 134 heavy (non-hydrogen) atoms. The van der Waals surface area contributed by atoms with E-state index in [4.69, 9.17) is 18.6 Å². The molecule has 0 radical (unpaired) electrons. The first-order chi connectivity index (χ1) is 63.4. The summed E-state index contributed by atoms with van der Waals surface area (Å²) in [6.45, 7) is 5.01. The van der Waals surface area contributed by atoms with E-state index in [1.165, 1.54) is 132 Å². The number of halogens is 2. The minimum Gasteiger partial charge on any atom is -0.507 e. The number of carboxylic acids is 1. The van der Waals surface area contributed by atoms with Gasteiger partial charge in [-0.1, -0.05) is 51.0 Å². The molecule has 712 valence electrons. The van der Waals surface area contributed by atoms with Crippen LogP contribution in [0.2, 0.25) is 0 Å². The summed E-state index contributed by atoms with van der Waals surface area (Å²) >= 11 is 3.31. The number of esters is 1. The van der Waals surface area contributed by atoms with Crippen molar-refractivity contribution in [2.24, 2.45) is 0 Å². The highest BCUT2D eigenvalue weighted by atomic mass is 79.9. The lowest BCUT2D eigenvalue weighted by molar-refractivity contribution is -0.437. The molecule has 2 atom stereocenters. The number of aryl methyl sites for hydroxylation is 1. The molecular formula is C90H98BrFN11O27S4+. The number of hydrogen-bond acceptors (Lipinski definition) is 25. The first-order valence-electron chi connectivity index (χ1n) is 42.5. The van der Waals surface area contributed by atoms with Crippen molar-refractivity contribution in [2.45, 2.75) is 137 Å². The van der Waals surface area contributed by atoms with Crippen molar-refractivity contribution in [1.82, 2.24) is 45.3 Å². The summed E-state index contributed by atoms with van der Waals surface area (Å²) in [6, 6.07) is 21.5. The molecule has 2 unspecified atom stereocenters. The highest BCUT2D eigenvalue weighted by Gasteiger charge is 2.48. The molecule has 0 bridgehead atoms. The summed E-state index contributed by atoms with van der Waals surface area (Å²) in [5, 5.41) is 32.6. The molecule has 2 aromatic heterocycles. The number of benzene rings is 6. The van der Waals surface area contributed by atoms with Crippen molar-refractivity contribution >= 4 is 132 Å². The third-order valence-electron chi connectivity index (χ3n) is 23.0. The van der Waals surface area contributed by atoms with E-state index in [1.807, 2.05) is 6.92 Å². The van der Waals surface area contributed by atoms with Crippen LogP contribution in [-0.4, -0.2) is 228 Å². The summed E-state index contributed by atoms with van der Waals surface area (Å²) in [4.78, 5) is 130. The molecule has 0 saturated carbocycles. The largest absolute Gasteiger partial charge is 0.507 e. The van der Waals surface area contributed by atoms with Gasteiger partial charge in [0.2, 0.25) is 23.4 Å². The zero-order valence-corrected chi connectivity index (χ0v) is 77.8. The molecule has 5 aromatic carbocycles. The minimum absolute atomic E-state index is 0.00119. The molecule has 1 aliphatic carbocycles. The van der Waals surface area contributed by atoms with Gasteiger partial charge in [0, 0.05) is 127 Å². The van der Waals surface area contributed by atoms with Gasteiger partial charge in [-0.2, -0.15) is 38.2 Å². The topological polar surface area (TPSA) is 546 Å². The molecule has 0 saturated heterocycles. The smallest absolute Gasteiger partial charge is 0.419 e. The maximum atomic E-state index is 14.1. The Morgan fingerprint density at radius 2 is 1.40 bits per heavy atom. The number of nitrogens with zero attached hydrogens (tertiary/aromatic N) is 7. The minimum atomic E-state index is -4.80. The number of carbonyl (C=O) groups is 8. The fourth-order valence-electron chi connectivity index (χ4n) is 16.4. The molecule has 38 nitrogen and oxygen atoms in total. The van der Waals surface area contributed by atoms with Crippen LogP contribution in [0.1, 0.15) is 162 Å². The van der Waals surface area contributed by atoms with Crippen LogP contribution in [0.15, 0.2) is 182 Å². The van der Waals surface area contributed by atoms with Crippen LogP contribution in [0.3, 0.4) is 0 Å². The van der Waals surface area contributed by atoms with Crippen LogP contribution >= 0.6 is 15.9 Å². The van der Waals surface area contributed by atoms with E-state index in [-0.39, 0.29) is 197 Å². The lowest BCUT2D eigenvalue weighted by Gasteiger charge is -2.27. The number of fused-ring (bicyclic) bond motifs is 7. The van der Waals surface area contributed by atoms with E-state index < -0.39 is 127 Å². The number of nitrogens with one attached hydrogen (secondary N) is 4. The van der Waals surface area contributed by atoms with Gasteiger partial charge < -0.3 is 59.9 Å². The van der Waals surface area contributed by atoms with E-state index in [9.17, 15) is 110 Å². The van der Waals surface area contributed by atoms with E-state index in [0.717, 1.165) is 10.6 Å². The van der Waals surface area contributed by atoms with Crippen molar-refractivity contribution in [3.8, 4) is 33.9 Å². The third kappa shape index (κ3) is 24.7. The predicted molar refractivity (Wildman–Crippen MR) is 489 cm³/mol. The van der Waals surface area contributed by atoms with Crippen LogP contribution in [0, 0.1) is 5.82 Å². The number of hydrogen-bond donors (Lipinski definition) is 10. The van der Waals surface area contributed by atoms with Gasteiger partial charge in [0.25, 0.3) is 52.3 Å². The number of aromatic carboxylic acids is 1. The average molecular weight is 1990 g/mol. The molecule has 0 fully saturated rings. The van der Waals surface area contributed by atoms with E-state index in [0.29, 0.717) is 80.3 Å². The van der Waals surface area contributed by atoms with Gasteiger partial charge in [-0.15, -0.1) is 0 Å². The fourth-order valence-corrected chi connectivity index (χ4v) is 18.8. The predicted octanol–water partition coefficient (Wildman–Crippen LogP) is 10.2. The fraction of sp³-hybridized carbons (Fsp3) is 0.356. The Kier molecular flexibility index (Phi) is 32.1. The first kappa shape index (κ1) is 100. The molecule has 0 spiro atoms. The molecule has 4 aliphatic heterocycles. The normalized spacial score (nSPS) is 15.4. The van der Waals surface area contributed by atoms with Gasteiger partial charge in [0.15, 0.2) is 16.8 Å². The molecule has 12 rings (SSSR count). The molecule has 10 N–H and O–H groups in total. The monoisotopic (exact) mass is 1990 g/mol. The van der Waals surface area contributed by atoms with Crippen molar-refractivity contribution in [3.05, 3.63) is 223 Å². The second-order valence-corrected chi connectivity index (χ2v) is 39.7. The number of aromatic hydroxyl groups is 1. The maximum Gasteiger partial charge on any atom is 0.419 e. The Labute approximate surface area is 777 Å². The number of carboxylic acid groups (broad SMARTS) is 1. The molecule has 44 heteroatoms. The number of imidazole rings is 2. The Morgan fingerprint density at radius 1 is 0.679 bits per heavy atom. The van der Waals surface area contributed by atoms with Crippen LogP contribution in [0.5, 0.6) is 5.75 Å². The summed E-state index contributed by atoms with van der Waals surface area (Å²) in [5.41, 5.74) is 2.44. The number of ether oxygens (including phenoxy) is 3. The van der Waals surface area contributed by atoms with Gasteiger partial charge >= 0.3 is 18.0 Å². The third-order valence-corrected chi connectivity index (χ3v) is 27.0. The Bertz CT molecular complexity index is 6750. The molecule has 6 heterocycles. The Balaban J connectivity index is 0.662. The number of aromatic nitrogens is 4. The second-order valence-electron chi connectivity index (χ2n) is 32.8. The van der Waals surface area contributed by atoms with Crippen molar-refractivity contribution in [3.63, 3.8) is 0 Å². The SMILES string of the molecule is CN1Cc2c(C(=O)OCCCNC(=O)CCc3cn(C(=O)OCCOCCNC(=O)C(CCCCNC(=O)c4ccc(-c5c6ccc(=O)cc-6oc6cc(O)c(Br)cc56)c(C(=O)O)c4)NC(=O)CCCCCC4(C)C(/C=C/C=C/C=C5/N(CCCS(=O)(=O)O)c6ccc(S(=O)(=O)O)cc6C5(C)C)=[N+](CCCS(=O)(=O)O)c5ccc(S(=O)(=O)O)cc54)cn3)ncn2-c2ccc(F)cc2C1=O. The lowest BCUT2D eigenvalue weighted by Crippen LogP contribution is -2.47. The van der Waals surface area contributed by atoms with Gasteiger partial charge in [0.1, 0.15) is 54.8 Å². The number of carbonyl (C=O) groups excluding carboxylic acids is 7. The molecule has 7 aromatic rings. The average Bonchev–Trinajstić information content (AvgIpc) is 1.43. The van der Waals surface area contributed by atoms with Crippen LogP contribution in [-0.2, 0) is 92.9 Å². The number of allylic oxidation sites excluding steroid dienone is 6. The Morgan fingerprint density at radius 3 is 2.13 bits per heavy atom. The number of rotatable bonds is 43. The summed E-state index contributed by atoms with van der Waals surface area (Å²) in [5.74, 6) is -6.62. The number of unbranched alkanes of at least 4 members (excludes halogenated alkanes) is 3. The number of phenolic OH excluding ortho intramolecular Hbond substituents is 1. The summed E-state index contributed by atoms with van der Waals surface area (Å²) < 4.78 is 179. The maximum absolute atomic E-state index is 14.1. The number of anilines is 1. The van der Waals surface area contributed by atoms with Crippen molar-refractivity contribution in [2.75, 3.05) is 82.6 Å². The molecular weight excluding hydrogens is 1890 g/mol. The summed E-state index contributed by atoms with van der Waals surface area (Å²) in [7, 11) is -16.8. The van der Waals surface area contributed by atoms with Gasteiger partial charge in [-0.25, -0.2) is 33.3 Å². The van der Waals surface area contributed by atoms with Crippen molar-refractivity contribution < 1.29 is 128 Å². The molecule has 5 amide bonds. The highest BCUT2D eigenvalue weighted by Crippen LogP contribution is 2.50. The zero-order valence-electron chi connectivity index (χ0n) is 73.0. The molecule has 5 aliphatic rings. The van der Waals surface area contributed by atoms with E-state index in [2.05, 4.69) is 47.2 Å². The second kappa shape index (κ2) is 42.8. The number of phenols is 1.